The van der Waals surface area contributed by atoms with Gasteiger partial charge in [-0.15, -0.1) is 0 Å². The van der Waals surface area contributed by atoms with Crippen molar-refractivity contribution in [3.63, 3.8) is 0 Å². The molecule has 5 nitrogen and oxygen atoms in total. The van der Waals surface area contributed by atoms with E-state index in [0.29, 0.717) is 0 Å². The molecular weight excluding hydrogens is 324 g/mol. The van der Waals surface area contributed by atoms with Crippen LogP contribution >= 0.6 is 0 Å². The molecule has 1 aliphatic carbocycles. The van der Waals surface area contributed by atoms with E-state index in [1.807, 2.05) is 17.0 Å². The molecule has 4 rings (SSSR count). The predicted molar refractivity (Wildman–Crippen MR) is 101 cm³/mol. The first-order valence-electron chi connectivity index (χ1n) is 9.79. The fourth-order valence-corrected chi connectivity index (χ4v) is 4.97. The third kappa shape index (κ3) is 2.93. The van der Waals surface area contributed by atoms with Crippen LogP contribution in [-0.2, 0) is 6.42 Å². The molecule has 1 saturated carbocycles. The molecule has 2 aliphatic rings. The highest BCUT2D eigenvalue weighted by Gasteiger charge is 2.51. The molecule has 1 saturated heterocycles. The molecule has 1 aromatic carbocycles. The molecule has 1 aliphatic heterocycles. The van der Waals surface area contributed by atoms with Crippen LogP contribution < -0.4 is 0 Å². The molecule has 1 unspecified atom stereocenters. The third-order valence-electron chi connectivity index (χ3n) is 6.20. The van der Waals surface area contributed by atoms with Crippen molar-refractivity contribution in [3.8, 4) is 0 Å². The number of likely N-dealkylation sites (tertiary alicyclic amines) is 1. The van der Waals surface area contributed by atoms with E-state index in [9.17, 15) is 4.79 Å². The van der Waals surface area contributed by atoms with Gasteiger partial charge >= 0.3 is 0 Å². The normalized spacial score (nSPS) is 21.7. The number of aromatic amines is 1. The van der Waals surface area contributed by atoms with E-state index in [4.69, 9.17) is 4.98 Å². The number of aromatic nitrogens is 3. The summed E-state index contributed by atoms with van der Waals surface area (Å²) in [7, 11) is 0. The standard InChI is InChI=1S/C21H28N4O/c1-4-18-22-19(24-23-18)17-12-25(13-21(17)7-5-6-8-21)20(26)16-10-14(2)9-15(3)11-16/h9-11,17H,4-8,12-13H2,1-3H3,(H,22,23,24). The molecule has 0 bridgehead atoms. The minimum Gasteiger partial charge on any atom is -0.337 e. The maximum atomic E-state index is 13.2. The Labute approximate surface area is 155 Å². The van der Waals surface area contributed by atoms with Gasteiger partial charge in [-0.05, 0) is 44.2 Å². The molecule has 1 aromatic heterocycles. The van der Waals surface area contributed by atoms with Crippen LogP contribution in [0, 0.1) is 19.3 Å². The van der Waals surface area contributed by atoms with Gasteiger partial charge < -0.3 is 4.90 Å². The molecular formula is C21H28N4O. The second kappa shape index (κ2) is 6.53. The van der Waals surface area contributed by atoms with E-state index in [0.717, 1.165) is 47.8 Å². The highest BCUT2D eigenvalue weighted by atomic mass is 16.2. The van der Waals surface area contributed by atoms with E-state index in [1.54, 1.807) is 0 Å². The van der Waals surface area contributed by atoms with Gasteiger partial charge in [-0.2, -0.15) is 5.10 Å². The fourth-order valence-electron chi connectivity index (χ4n) is 4.97. The number of aryl methyl sites for hydroxylation is 3. The summed E-state index contributed by atoms with van der Waals surface area (Å²) in [5, 5.41) is 7.57. The lowest BCUT2D eigenvalue weighted by atomic mass is 9.76. The van der Waals surface area contributed by atoms with Crippen molar-refractivity contribution in [2.75, 3.05) is 13.1 Å². The van der Waals surface area contributed by atoms with Crippen LogP contribution in [-0.4, -0.2) is 39.1 Å². The first-order valence-corrected chi connectivity index (χ1v) is 9.79. The molecule has 1 atom stereocenters. The quantitative estimate of drug-likeness (QED) is 0.914. The lowest BCUT2D eigenvalue weighted by molar-refractivity contribution is 0.0773. The van der Waals surface area contributed by atoms with Crippen molar-refractivity contribution >= 4 is 5.91 Å². The smallest absolute Gasteiger partial charge is 0.253 e. The highest BCUT2D eigenvalue weighted by Crippen LogP contribution is 2.52. The minimum absolute atomic E-state index is 0.150. The number of carbonyl (C=O) groups excluding carboxylic acids is 1. The van der Waals surface area contributed by atoms with Crippen molar-refractivity contribution in [1.29, 1.82) is 0 Å². The number of rotatable bonds is 3. The van der Waals surface area contributed by atoms with E-state index in [2.05, 4.69) is 37.0 Å². The van der Waals surface area contributed by atoms with Gasteiger partial charge in [-0.1, -0.05) is 37.0 Å². The van der Waals surface area contributed by atoms with Crippen molar-refractivity contribution in [2.45, 2.75) is 58.8 Å². The maximum Gasteiger partial charge on any atom is 0.253 e. The highest BCUT2D eigenvalue weighted by molar-refractivity contribution is 5.95. The van der Waals surface area contributed by atoms with E-state index < -0.39 is 0 Å². The Bertz CT molecular complexity index is 799. The van der Waals surface area contributed by atoms with Crippen LogP contribution in [0.15, 0.2) is 18.2 Å². The largest absolute Gasteiger partial charge is 0.337 e. The first-order chi connectivity index (χ1) is 12.5. The van der Waals surface area contributed by atoms with Crippen LogP contribution in [0.4, 0.5) is 0 Å². The monoisotopic (exact) mass is 352 g/mol. The zero-order valence-corrected chi connectivity index (χ0v) is 16.0. The summed E-state index contributed by atoms with van der Waals surface area (Å²) in [6.07, 6.45) is 5.69. The predicted octanol–water partition coefficient (Wildman–Crippen LogP) is 3.78. The van der Waals surface area contributed by atoms with Crippen molar-refractivity contribution < 1.29 is 4.79 Å². The Balaban J connectivity index is 1.63. The molecule has 1 N–H and O–H groups in total. The first kappa shape index (κ1) is 17.3. The average Bonchev–Trinajstić information content (AvgIpc) is 3.34. The summed E-state index contributed by atoms with van der Waals surface area (Å²) < 4.78 is 0. The number of hydrogen-bond acceptors (Lipinski definition) is 3. The lowest BCUT2D eigenvalue weighted by Gasteiger charge is -2.27. The van der Waals surface area contributed by atoms with Gasteiger partial charge in [0.05, 0.1) is 0 Å². The van der Waals surface area contributed by atoms with E-state index in [-0.39, 0.29) is 17.2 Å². The van der Waals surface area contributed by atoms with Crippen LogP contribution in [0.5, 0.6) is 0 Å². The second-order valence-corrected chi connectivity index (χ2v) is 8.18. The van der Waals surface area contributed by atoms with Crippen LogP contribution in [0.2, 0.25) is 0 Å². The summed E-state index contributed by atoms with van der Waals surface area (Å²) >= 11 is 0. The van der Waals surface area contributed by atoms with Gasteiger partial charge in [0.2, 0.25) is 0 Å². The molecule has 138 valence electrons. The Morgan fingerprint density at radius 3 is 2.54 bits per heavy atom. The Kier molecular flexibility index (Phi) is 4.33. The van der Waals surface area contributed by atoms with Crippen molar-refractivity contribution in [2.24, 2.45) is 5.41 Å². The average molecular weight is 352 g/mol. The number of hydrogen-bond donors (Lipinski definition) is 1. The van der Waals surface area contributed by atoms with Crippen molar-refractivity contribution in [1.82, 2.24) is 20.1 Å². The fraction of sp³-hybridized carbons (Fsp3) is 0.571. The van der Waals surface area contributed by atoms with Gasteiger partial charge in [0.15, 0.2) is 5.82 Å². The molecule has 1 amide bonds. The van der Waals surface area contributed by atoms with Gasteiger partial charge in [0.25, 0.3) is 5.91 Å². The minimum atomic E-state index is 0.150. The van der Waals surface area contributed by atoms with Gasteiger partial charge in [-0.25, -0.2) is 4.98 Å². The van der Waals surface area contributed by atoms with Crippen LogP contribution in [0.25, 0.3) is 0 Å². The maximum absolute atomic E-state index is 13.2. The summed E-state index contributed by atoms with van der Waals surface area (Å²) in [6.45, 7) is 7.75. The number of H-pyrrole nitrogens is 1. The Hall–Kier alpha value is -2.17. The van der Waals surface area contributed by atoms with E-state index >= 15 is 0 Å². The van der Waals surface area contributed by atoms with Gasteiger partial charge in [0.1, 0.15) is 5.82 Å². The summed E-state index contributed by atoms with van der Waals surface area (Å²) in [4.78, 5) is 20.0. The number of amides is 1. The Morgan fingerprint density at radius 2 is 1.92 bits per heavy atom. The molecule has 2 aromatic rings. The number of carbonyl (C=O) groups is 1. The SMILES string of the molecule is CCc1nc(C2CN(C(=O)c3cc(C)cc(C)c3)CC23CCCC3)n[nH]1. The number of benzene rings is 1. The molecule has 2 fully saturated rings. The van der Waals surface area contributed by atoms with Gasteiger partial charge in [0, 0.05) is 31.0 Å². The molecule has 2 heterocycles. The molecule has 0 radical (unpaired) electrons. The summed E-state index contributed by atoms with van der Waals surface area (Å²) in [6, 6.07) is 6.12. The lowest BCUT2D eigenvalue weighted by Crippen LogP contribution is -2.31. The molecule has 5 heteroatoms. The molecule has 1 spiro atoms. The Morgan fingerprint density at radius 1 is 1.23 bits per heavy atom. The van der Waals surface area contributed by atoms with Crippen molar-refractivity contribution in [3.05, 3.63) is 46.5 Å². The zero-order chi connectivity index (χ0) is 18.3. The number of nitrogens with one attached hydrogen (secondary N) is 1. The topological polar surface area (TPSA) is 61.9 Å². The third-order valence-corrected chi connectivity index (χ3v) is 6.20. The van der Waals surface area contributed by atoms with Crippen LogP contribution in [0.1, 0.15) is 71.7 Å². The summed E-state index contributed by atoms with van der Waals surface area (Å²) in [5.74, 6) is 2.24. The van der Waals surface area contributed by atoms with E-state index in [1.165, 1.54) is 25.7 Å². The zero-order valence-electron chi connectivity index (χ0n) is 16.0. The number of nitrogens with zero attached hydrogens (tertiary/aromatic N) is 3. The summed E-state index contributed by atoms with van der Waals surface area (Å²) in [5.41, 5.74) is 3.24. The molecule has 26 heavy (non-hydrogen) atoms. The second-order valence-electron chi connectivity index (χ2n) is 8.18. The van der Waals surface area contributed by atoms with Gasteiger partial charge in [-0.3, -0.25) is 9.89 Å². The van der Waals surface area contributed by atoms with Crippen LogP contribution in [0.3, 0.4) is 0 Å².